The van der Waals surface area contributed by atoms with Crippen LogP contribution in [-0.2, 0) is 14.3 Å². The second kappa shape index (κ2) is 9.82. The monoisotopic (exact) mass is 337 g/mol. The molecule has 0 saturated carbocycles. The van der Waals surface area contributed by atoms with Crippen molar-refractivity contribution in [2.75, 3.05) is 27.3 Å². The Morgan fingerprint density at radius 2 is 1.83 bits per heavy atom. The van der Waals surface area contributed by atoms with E-state index in [4.69, 9.17) is 4.74 Å². The molecule has 4 amide bonds. The first-order valence-corrected chi connectivity index (χ1v) is 7.06. The molecule has 0 radical (unpaired) electrons. The molecule has 1 aromatic carbocycles. The molecule has 0 aromatic heterocycles. The van der Waals surface area contributed by atoms with E-state index < -0.39 is 30.4 Å². The van der Waals surface area contributed by atoms with Gasteiger partial charge in [-0.1, -0.05) is 12.1 Å². The smallest absolute Gasteiger partial charge is 0.321 e. The molecular formula is C15H19N3O6. The van der Waals surface area contributed by atoms with E-state index in [1.807, 2.05) is 5.32 Å². The van der Waals surface area contributed by atoms with Crippen molar-refractivity contribution in [3.63, 3.8) is 0 Å². The molecule has 1 rings (SSSR count). The van der Waals surface area contributed by atoms with Crippen LogP contribution in [0.2, 0.25) is 0 Å². The zero-order valence-corrected chi connectivity index (χ0v) is 13.4. The summed E-state index contributed by atoms with van der Waals surface area (Å²) >= 11 is 0. The Morgan fingerprint density at radius 3 is 2.50 bits per heavy atom. The Kier molecular flexibility index (Phi) is 7.76. The molecule has 0 aliphatic carbocycles. The molecule has 0 heterocycles. The molecule has 0 spiro atoms. The Bertz CT molecular complexity index is 617. The Labute approximate surface area is 138 Å². The first-order valence-electron chi connectivity index (χ1n) is 7.06. The van der Waals surface area contributed by atoms with Gasteiger partial charge in [-0.3, -0.25) is 19.7 Å². The van der Waals surface area contributed by atoms with Gasteiger partial charge in [0.25, 0.3) is 11.8 Å². The number of esters is 1. The van der Waals surface area contributed by atoms with E-state index in [1.54, 1.807) is 24.3 Å². The van der Waals surface area contributed by atoms with Crippen LogP contribution in [-0.4, -0.2) is 51.1 Å². The first kappa shape index (κ1) is 18.9. The number of benzene rings is 1. The number of urea groups is 1. The highest BCUT2D eigenvalue weighted by Crippen LogP contribution is 2.16. The molecule has 9 heteroatoms. The van der Waals surface area contributed by atoms with Crippen molar-refractivity contribution >= 4 is 23.8 Å². The van der Waals surface area contributed by atoms with Gasteiger partial charge in [-0.15, -0.1) is 0 Å². The average molecular weight is 337 g/mol. The molecule has 1 aromatic rings. The molecule has 0 fully saturated rings. The van der Waals surface area contributed by atoms with E-state index in [9.17, 15) is 19.2 Å². The van der Waals surface area contributed by atoms with Crippen LogP contribution < -0.4 is 20.7 Å². The maximum Gasteiger partial charge on any atom is 0.321 e. The molecule has 0 atom stereocenters. The fraction of sp³-hybridized carbons (Fsp3) is 0.333. The number of carbonyl (C=O) groups excluding carboxylic acids is 4. The van der Waals surface area contributed by atoms with E-state index in [2.05, 4.69) is 15.4 Å². The SMILES string of the molecule is CNC(=O)NC(=O)COC(=O)CCNC(=O)c1ccccc1OC. The van der Waals surface area contributed by atoms with E-state index in [0.717, 1.165) is 0 Å². The molecule has 9 nitrogen and oxygen atoms in total. The Hall–Kier alpha value is -3.10. The van der Waals surface area contributed by atoms with Crippen LogP contribution in [0.15, 0.2) is 24.3 Å². The van der Waals surface area contributed by atoms with Crippen LogP contribution >= 0.6 is 0 Å². The summed E-state index contributed by atoms with van der Waals surface area (Å²) in [6.07, 6.45) is -0.117. The van der Waals surface area contributed by atoms with Crippen LogP contribution in [0.3, 0.4) is 0 Å². The van der Waals surface area contributed by atoms with Gasteiger partial charge in [-0.2, -0.15) is 0 Å². The minimum atomic E-state index is -0.749. The third-order valence-electron chi connectivity index (χ3n) is 2.81. The van der Waals surface area contributed by atoms with E-state index >= 15 is 0 Å². The van der Waals surface area contributed by atoms with Gasteiger partial charge in [0.2, 0.25) is 0 Å². The largest absolute Gasteiger partial charge is 0.496 e. The van der Waals surface area contributed by atoms with Crippen molar-refractivity contribution in [3.05, 3.63) is 29.8 Å². The molecule has 24 heavy (non-hydrogen) atoms. The van der Waals surface area contributed by atoms with Crippen LogP contribution in [0, 0.1) is 0 Å². The number of ether oxygens (including phenoxy) is 2. The molecule has 0 aliphatic heterocycles. The minimum absolute atomic E-state index is 0.0345. The summed E-state index contributed by atoms with van der Waals surface area (Å²) in [6.45, 7) is -0.542. The maximum atomic E-state index is 12.0. The highest BCUT2D eigenvalue weighted by Gasteiger charge is 2.13. The van der Waals surface area contributed by atoms with Crippen molar-refractivity contribution in [1.29, 1.82) is 0 Å². The van der Waals surface area contributed by atoms with Crippen LogP contribution in [0.1, 0.15) is 16.8 Å². The van der Waals surface area contributed by atoms with Gasteiger partial charge in [0, 0.05) is 13.6 Å². The van der Waals surface area contributed by atoms with Gasteiger partial charge in [-0.25, -0.2) is 4.79 Å². The lowest BCUT2D eigenvalue weighted by Crippen LogP contribution is -2.39. The summed E-state index contributed by atoms with van der Waals surface area (Å²) in [5.74, 6) is -1.40. The Morgan fingerprint density at radius 1 is 1.12 bits per heavy atom. The number of hydrogen-bond acceptors (Lipinski definition) is 6. The van der Waals surface area contributed by atoms with E-state index in [-0.39, 0.29) is 13.0 Å². The molecule has 0 saturated heterocycles. The maximum absolute atomic E-state index is 12.0. The van der Waals surface area contributed by atoms with Crippen molar-refractivity contribution in [1.82, 2.24) is 16.0 Å². The summed E-state index contributed by atoms with van der Waals surface area (Å²) in [6, 6.07) is 5.97. The molecular weight excluding hydrogens is 318 g/mol. The number of para-hydroxylation sites is 1. The molecule has 0 unspecified atom stereocenters. The topological polar surface area (TPSA) is 123 Å². The highest BCUT2D eigenvalue weighted by molar-refractivity contribution is 5.97. The summed E-state index contributed by atoms with van der Waals surface area (Å²) in [5.41, 5.74) is 0.346. The van der Waals surface area contributed by atoms with Crippen LogP contribution in [0.4, 0.5) is 4.79 Å². The van der Waals surface area contributed by atoms with Gasteiger partial charge in [0.05, 0.1) is 19.1 Å². The van der Waals surface area contributed by atoms with Crippen molar-refractivity contribution < 1.29 is 28.7 Å². The average Bonchev–Trinajstić information content (AvgIpc) is 2.59. The van der Waals surface area contributed by atoms with Gasteiger partial charge >= 0.3 is 12.0 Å². The predicted molar refractivity (Wildman–Crippen MR) is 83.5 cm³/mol. The summed E-state index contributed by atoms with van der Waals surface area (Å²) in [7, 11) is 2.80. The third kappa shape index (κ3) is 6.34. The van der Waals surface area contributed by atoms with Crippen molar-refractivity contribution in [2.24, 2.45) is 0 Å². The number of imide groups is 1. The molecule has 0 bridgehead atoms. The second-order valence-corrected chi connectivity index (χ2v) is 4.49. The lowest BCUT2D eigenvalue weighted by molar-refractivity contribution is -0.148. The summed E-state index contributed by atoms with van der Waals surface area (Å²) < 4.78 is 9.74. The van der Waals surface area contributed by atoms with Gasteiger partial charge in [-0.05, 0) is 12.1 Å². The van der Waals surface area contributed by atoms with Crippen molar-refractivity contribution in [2.45, 2.75) is 6.42 Å². The molecule has 3 N–H and O–H groups in total. The van der Waals surface area contributed by atoms with E-state index in [0.29, 0.717) is 11.3 Å². The van der Waals surface area contributed by atoms with Crippen molar-refractivity contribution in [3.8, 4) is 5.75 Å². The van der Waals surface area contributed by atoms with Crippen LogP contribution in [0.25, 0.3) is 0 Å². The number of amides is 4. The highest BCUT2D eigenvalue weighted by atomic mass is 16.5. The van der Waals surface area contributed by atoms with Gasteiger partial charge in [0.1, 0.15) is 5.75 Å². The number of carbonyl (C=O) groups is 4. The minimum Gasteiger partial charge on any atom is -0.496 e. The zero-order chi connectivity index (χ0) is 17.9. The fourth-order valence-corrected chi connectivity index (χ4v) is 1.65. The number of nitrogens with one attached hydrogen (secondary N) is 3. The van der Waals surface area contributed by atoms with E-state index in [1.165, 1.54) is 14.2 Å². The zero-order valence-electron chi connectivity index (χ0n) is 13.4. The third-order valence-corrected chi connectivity index (χ3v) is 2.81. The summed E-state index contributed by atoms with van der Waals surface area (Å²) in [5, 5.41) is 6.68. The summed E-state index contributed by atoms with van der Waals surface area (Å²) in [4.78, 5) is 45.5. The first-order chi connectivity index (χ1) is 11.5. The predicted octanol–water partition coefficient (Wildman–Crippen LogP) is -0.186. The fourth-order valence-electron chi connectivity index (χ4n) is 1.65. The number of hydrogen-bond donors (Lipinski definition) is 3. The lowest BCUT2D eigenvalue weighted by atomic mass is 10.2. The van der Waals surface area contributed by atoms with Gasteiger partial charge < -0.3 is 20.1 Å². The lowest BCUT2D eigenvalue weighted by Gasteiger charge is -2.09. The number of methoxy groups -OCH3 is 1. The number of rotatable bonds is 7. The molecule has 130 valence electrons. The second-order valence-electron chi connectivity index (χ2n) is 4.49. The normalized spacial score (nSPS) is 9.58. The molecule has 0 aliphatic rings. The standard InChI is InChI=1S/C15H19N3O6/c1-16-15(22)18-12(19)9-24-13(20)7-8-17-14(21)10-5-3-4-6-11(10)23-2/h3-6H,7-9H2,1-2H3,(H,17,21)(H2,16,18,19,22). The Balaban J connectivity index is 2.31. The van der Waals surface area contributed by atoms with Gasteiger partial charge in [0.15, 0.2) is 6.61 Å². The quantitative estimate of drug-likeness (QED) is 0.593. The van der Waals surface area contributed by atoms with Crippen LogP contribution in [0.5, 0.6) is 5.75 Å².